The molecule has 8 heteroatoms. The van der Waals surface area contributed by atoms with Gasteiger partial charge in [-0.15, -0.1) is 0 Å². The molecule has 0 saturated carbocycles. The molecule has 0 aliphatic rings. The van der Waals surface area contributed by atoms with Crippen LogP contribution < -0.4 is 16.6 Å². The van der Waals surface area contributed by atoms with E-state index in [1.165, 1.54) is 4.57 Å². The Hall–Kier alpha value is -2.87. The van der Waals surface area contributed by atoms with E-state index in [1.54, 1.807) is 18.5 Å². The first-order valence-electron chi connectivity index (χ1n) is 8.04. The maximum atomic E-state index is 12.4. The van der Waals surface area contributed by atoms with Gasteiger partial charge >= 0.3 is 5.69 Å². The van der Waals surface area contributed by atoms with Gasteiger partial charge in [0.25, 0.3) is 5.56 Å². The zero-order valence-corrected chi connectivity index (χ0v) is 14.4. The molecule has 25 heavy (non-hydrogen) atoms. The summed E-state index contributed by atoms with van der Waals surface area (Å²) in [5.74, 6) is 0.433. The fraction of sp³-hybridized carbons (Fsp3) is 0.353. The largest absolute Gasteiger partial charge is 0.392 e. The molecule has 8 nitrogen and oxygen atoms in total. The van der Waals surface area contributed by atoms with Crippen LogP contribution in [0, 0.1) is 6.92 Å². The maximum absolute atomic E-state index is 12.4. The standard InChI is InChI=1S/C17H21N5O3/c1-10-4-6-12(7-5-10)9-22-13-14(19-16(22)18-8-11(2)23)21(3)17(25)20-15(13)24/h4-7,11,23H,8-9H2,1-3H3,(H,18,19)(H,20,24,25). The molecule has 0 amide bonds. The number of fused-ring (bicyclic) bond motifs is 1. The van der Waals surface area contributed by atoms with E-state index in [1.807, 2.05) is 31.2 Å². The minimum Gasteiger partial charge on any atom is -0.392 e. The van der Waals surface area contributed by atoms with Crippen LogP contribution in [0.2, 0.25) is 0 Å². The third-order valence-electron chi connectivity index (χ3n) is 4.02. The number of rotatable bonds is 5. The first-order valence-corrected chi connectivity index (χ1v) is 8.04. The number of aromatic amines is 1. The molecule has 2 heterocycles. The van der Waals surface area contributed by atoms with Crippen LogP contribution in [0.1, 0.15) is 18.1 Å². The van der Waals surface area contributed by atoms with Crippen molar-refractivity contribution in [1.29, 1.82) is 0 Å². The van der Waals surface area contributed by atoms with E-state index < -0.39 is 17.4 Å². The molecule has 0 aliphatic heterocycles. The summed E-state index contributed by atoms with van der Waals surface area (Å²) >= 11 is 0. The molecule has 0 fully saturated rings. The third kappa shape index (κ3) is 3.34. The van der Waals surface area contributed by atoms with E-state index in [9.17, 15) is 14.7 Å². The molecule has 3 N–H and O–H groups in total. The van der Waals surface area contributed by atoms with Crippen molar-refractivity contribution >= 4 is 17.1 Å². The van der Waals surface area contributed by atoms with Gasteiger partial charge in [-0.05, 0) is 19.4 Å². The molecule has 0 aliphatic carbocycles. The second kappa shape index (κ2) is 6.56. The molecule has 2 aromatic heterocycles. The van der Waals surface area contributed by atoms with Gasteiger partial charge in [0.15, 0.2) is 11.2 Å². The predicted octanol–water partition coefficient (Wildman–Crippen LogP) is 0.573. The van der Waals surface area contributed by atoms with E-state index in [0.29, 0.717) is 23.7 Å². The lowest BCUT2D eigenvalue weighted by Gasteiger charge is -2.11. The fourth-order valence-corrected chi connectivity index (χ4v) is 2.64. The summed E-state index contributed by atoms with van der Waals surface area (Å²) in [5.41, 5.74) is 1.76. The zero-order valence-electron chi connectivity index (χ0n) is 14.4. The number of aliphatic hydroxyl groups excluding tert-OH is 1. The van der Waals surface area contributed by atoms with Crippen LogP contribution in [0.15, 0.2) is 33.9 Å². The van der Waals surface area contributed by atoms with E-state index >= 15 is 0 Å². The summed E-state index contributed by atoms with van der Waals surface area (Å²) < 4.78 is 3.02. The summed E-state index contributed by atoms with van der Waals surface area (Å²) in [7, 11) is 1.56. The van der Waals surface area contributed by atoms with Gasteiger partial charge in [0.2, 0.25) is 5.95 Å². The highest BCUT2D eigenvalue weighted by Crippen LogP contribution is 2.18. The maximum Gasteiger partial charge on any atom is 0.329 e. The summed E-state index contributed by atoms with van der Waals surface area (Å²) in [6, 6.07) is 7.96. The molecule has 1 aromatic carbocycles. The Morgan fingerprint density at radius 1 is 1.28 bits per heavy atom. The minimum absolute atomic E-state index is 0.281. The smallest absolute Gasteiger partial charge is 0.329 e. The van der Waals surface area contributed by atoms with Crippen LogP contribution in [-0.4, -0.2) is 36.9 Å². The van der Waals surface area contributed by atoms with Crippen molar-refractivity contribution in [3.05, 3.63) is 56.2 Å². The number of H-pyrrole nitrogens is 1. The Labute approximate surface area is 143 Å². The van der Waals surface area contributed by atoms with Gasteiger partial charge in [-0.25, -0.2) is 4.79 Å². The highest BCUT2D eigenvalue weighted by Gasteiger charge is 2.17. The fourth-order valence-electron chi connectivity index (χ4n) is 2.64. The quantitative estimate of drug-likeness (QED) is 0.628. The van der Waals surface area contributed by atoms with Crippen molar-refractivity contribution in [3.63, 3.8) is 0 Å². The number of aliphatic hydroxyl groups is 1. The molecule has 0 spiro atoms. The molecule has 132 valence electrons. The normalized spacial score (nSPS) is 12.5. The lowest BCUT2D eigenvalue weighted by Crippen LogP contribution is -2.29. The molecule has 0 bridgehead atoms. The van der Waals surface area contributed by atoms with Crippen molar-refractivity contribution in [3.8, 4) is 0 Å². The number of aryl methyl sites for hydroxylation is 2. The van der Waals surface area contributed by atoms with Gasteiger partial charge < -0.3 is 10.4 Å². The number of benzene rings is 1. The van der Waals surface area contributed by atoms with E-state index in [4.69, 9.17) is 0 Å². The van der Waals surface area contributed by atoms with E-state index in [0.717, 1.165) is 11.1 Å². The number of aromatic nitrogens is 4. The average Bonchev–Trinajstić information content (AvgIpc) is 2.92. The van der Waals surface area contributed by atoms with Crippen molar-refractivity contribution in [2.24, 2.45) is 7.05 Å². The topological polar surface area (TPSA) is 105 Å². The van der Waals surface area contributed by atoms with E-state index in [2.05, 4.69) is 15.3 Å². The van der Waals surface area contributed by atoms with Gasteiger partial charge in [-0.2, -0.15) is 4.98 Å². The predicted molar refractivity (Wildman–Crippen MR) is 96.0 cm³/mol. The number of nitrogens with zero attached hydrogens (tertiary/aromatic N) is 3. The third-order valence-corrected chi connectivity index (χ3v) is 4.02. The zero-order chi connectivity index (χ0) is 18.1. The monoisotopic (exact) mass is 343 g/mol. The van der Waals surface area contributed by atoms with Crippen molar-refractivity contribution < 1.29 is 5.11 Å². The van der Waals surface area contributed by atoms with Gasteiger partial charge in [0, 0.05) is 13.6 Å². The minimum atomic E-state index is -0.574. The summed E-state index contributed by atoms with van der Waals surface area (Å²) in [6.07, 6.45) is -0.574. The summed E-state index contributed by atoms with van der Waals surface area (Å²) in [4.78, 5) is 30.9. The Kier molecular flexibility index (Phi) is 4.45. The molecule has 1 unspecified atom stereocenters. The lowest BCUT2D eigenvalue weighted by atomic mass is 10.1. The van der Waals surface area contributed by atoms with Gasteiger partial charge in [0.05, 0.1) is 12.6 Å². The Balaban J connectivity index is 2.16. The Morgan fingerprint density at radius 3 is 2.60 bits per heavy atom. The first kappa shape index (κ1) is 17.0. The van der Waals surface area contributed by atoms with Crippen LogP contribution in [-0.2, 0) is 13.6 Å². The molecule has 3 aromatic rings. The Morgan fingerprint density at radius 2 is 1.96 bits per heavy atom. The summed E-state index contributed by atoms with van der Waals surface area (Å²) in [5, 5.41) is 12.6. The molecule has 1 atom stereocenters. The Bertz CT molecular complexity index is 1010. The highest BCUT2D eigenvalue weighted by molar-refractivity contribution is 5.74. The number of nitrogens with one attached hydrogen (secondary N) is 2. The number of hydrogen-bond donors (Lipinski definition) is 3. The molecular weight excluding hydrogens is 322 g/mol. The van der Waals surface area contributed by atoms with Crippen molar-refractivity contribution in [2.45, 2.75) is 26.5 Å². The summed E-state index contributed by atoms with van der Waals surface area (Å²) in [6.45, 7) is 4.36. The number of imidazole rings is 1. The molecule has 3 rings (SSSR count). The van der Waals surface area contributed by atoms with E-state index in [-0.39, 0.29) is 6.54 Å². The van der Waals surface area contributed by atoms with Crippen LogP contribution >= 0.6 is 0 Å². The van der Waals surface area contributed by atoms with Crippen LogP contribution in [0.25, 0.3) is 11.2 Å². The molecule has 0 saturated heterocycles. The first-order chi connectivity index (χ1) is 11.9. The second-order valence-electron chi connectivity index (χ2n) is 6.23. The van der Waals surface area contributed by atoms with Gasteiger partial charge in [-0.1, -0.05) is 29.8 Å². The van der Waals surface area contributed by atoms with Gasteiger partial charge in [-0.3, -0.25) is 18.9 Å². The molecule has 0 radical (unpaired) electrons. The highest BCUT2D eigenvalue weighted by atomic mass is 16.3. The SMILES string of the molecule is Cc1ccc(Cn2c(NCC(C)O)nc3c2c(=O)[nH]c(=O)n3C)cc1. The van der Waals surface area contributed by atoms with Crippen molar-refractivity contribution in [1.82, 2.24) is 19.1 Å². The average molecular weight is 343 g/mol. The second-order valence-corrected chi connectivity index (χ2v) is 6.23. The van der Waals surface area contributed by atoms with Crippen molar-refractivity contribution in [2.75, 3.05) is 11.9 Å². The molecular formula is C17H21N5O3. The lowest BCUT2D eigenvalue weighted by molar-refractivity contribution is 0.208. The number of anilines is 1. The van der Waals surface area contributed by atoms with Gasteiger partial charge in [0.1, 0.15) is 0 Å². The van der Waals surface area contributed by atoms with Crippen LogP contribution in [0.4, 0.5) is 5.95 Å². The number of hydrogen-bond acceptors (Lipinski definition) is 5. The van der Waals surface area contributed by atoms with Crippen LogP contribution in [0.5, 0.6) is 0 Å². The van der Waals surface area contributed by atoms with Crippen LogP contribution in [0.3, 0.4) is 0 Å².